The molecule has 102 valence electrons. The molecule has 19 heavy (non-hydrogen) atoms. The van der Waals surface area contributed by atoms with Gasteiger partial charge in [-0.05, 0) is 12.1 Å². The van der Waals surface area contributed by atoms with Gasteiger partial charge in [0.2, 0.25) is 5.91 Å². The van der Waals surface area contributed by atoms with Crippen molar-refractivity contribution < 1.29 is 19.5 Å². The normalized spacial score (nSPS) is 9.74. The Labute approximate surface area is 110 Å². The van der Waals surface area contributed by atoms with E-state index in [0.717, 1.165) is 0 Å². The molecule has 0 saturated heterocycles. The molecule has 0 fully saturated rings. The van der Waals surface area contributed by atoms with Gasteiger partial charge in [-0.15, -0.1) is 0 Å². The SMILES string of the molecule is CN(C(=O)NCCC(N)=O)c1ccccc1C(=O)O. The number of urea groups is 1. The lowest BCUT2D eigenvalue weighted by Gasteiger charge is -2.19. The Morgan fingerprint density at radius 2 is 1.95 bits per heavy atom. The average Bonchev–Trinajstić information content (AvgIpc) is 2.37. The van der Waals surface area contributed by atoms with Gasteiger partial charge in [0.15, 0.2) is 0 Å². The van der Waals surface area contributed by atoms with E-state index in [-0.39, 0.29) is 24.2 Å². The number of primary amides is 1. The maximum Gasteiger partial charge on any atom is 0.337 e. The standard InChI is InChI=1S/C12H15N3O4/c1-15(12(19)14-7-6-10(13)16)9-5-3-2-4-8(9)11(17)18/h2-5H,6-7H2,1H3,(H2,13,16)(H,14,19)(H,17,18). The summed E-state index contributed by atoms with van der Waals surface area (Å²) in [4.78, 5) is 34.5. The van der Waals surface area contributed by atoms with Gasteiger partial charge in [0, 0.05) is 20.0 Å². The van der Waals surface area contributed by atoms with Crippen molar-refractivity contribution >= 4 is 23.6 Å². The largest absolute Gasteiger partial charge is 0.478 e. The van der Waals surface area contributed by atoms with Gasteiger partial charge in [-0.3, -0.25) is 9.69 Å². The fourth-order valence-corrected chi connectivity index (χ4v) is 1.47. The molecule has 4 N–H and O–H groups in total. The Morgan fingerprint density at radius 3 is 2.53 bits per heavy atom. The molecule has 0 aliphatic rings. The van der Waals surface area contributed by atoms with E-state index in [0.29, 0.717) is 0 Å². The zero-order chi connectivity index (χ0) is 14.4. The van der Waals surface area contributed by atoms with Gasteiger partial charge in [-0.1, -0.05) is 12.1 Å². The van der Waals surface area contributed by atoms with Crippen molar-refractivity contribution in [3.63, 3.8) is 0 Å². The quantitative estimate of drug-likeness (QED) is 0.715. The van der Waals surface area contributed by atoms with Crippen LogP contribution in [0.1, 0.15) is 16.8 Å². The first-order chi connectivity index (χ1) is 8.93. The first-order valence-electron chi connectivity index (χ1n) is 5.55. The van der Waals surface area contributed by atoms with E-state index in [4.69, 9.17) is 10.8 Å². The third kappa shape index (κ3) is 3.98. The number of carbonyl (C=O) groups is 3. The second kappa shape index (κ2) is 6.39. The summed E-state index contributed by atoms with van der Waals surface area (Å²) in [5.41, 5.74) is 5.24. The van der Waals surface area contributed by atoms with Gasteiger partial charge in [0.05, 0.1) is 11.3 Å². The Morgan fingerprint density at radius 1 is 1.32 bits per heavy atom. The van der Waals surface area contributed by atoms with Crippen molar-refractivity contribution in [2.75, 3.05) is 18.5 Å². The van der Waals surface area contributed by atoms with E-state index in [9.17, 15) is 14.4 Å². The predicted octanol–water partition coefficient (Wildman–Crippen LogP) is 0.406. The van der Waals surface area contributed by atoms with Crippen molar-refractivity contribution in [3.05, 3.63) is 29.8 Å². The minimum atomic E-state index is -1.12. The van der Waals surface area contributed by atoms with Gasteiger partial charge in [-0.2, -0.15) is 0 Å². The molecule has 1 aromatic carbocycles. The van der Waals surface area contributed by atoms with Crippen molar-refractivity contribution in [1.29, 1.82) is 0 Å². The fourth-order valence-electron chi connectivity index (χ4n) is 1.47. The predicted molar refractivity (Wildman–Crippen MR) is 69.0 cm³/mol. The van der Waals surface area contributed by atoms with Crippen LogP contribution in [0.25, 0.3) is 0 Å². The van der Waals surface area contributed by atoms with E-state index in [2.05, 4.69) is 5.32 Å². The zero-order valence-electron chi connectivity index (χ0n) is 10.4. The minimum absolute atomic E-state index is 0.0232. The zero-order valence-corrected chi connectivity index (χ0v) is 10.4. The number of carboxylic acid groups (broad SMARTS) is 1. The average molecular weight is 265 g/mol. The molecule has 0 radical (unpaired) electrons. The first kappa shape index (κ1) is 14.5. The fraction of sp³-hybridized carbons (Fsp3) is 0.250. The Hall–Kier alpha value is -2.57. The first-order valence-corrected chi connectivity index (χ1v) is 5.55. The molecule has 0 bridgehead atoms. The number of hydrogen-bond acceptors (Lipinski definition) is 3. The number of benzene rings is 1. The number of hydrogen-bond donors (Lipinski definition) is 3. The maximum atomic E-state index is 11.8. The molecule has 1 rings (SSSR count). The molecule has 0 saturated carbocycles. The van der Waals surface area contributed by atoms with Crippen molar-refractivity contribution in [2.45, 2.75) is 6.42 Å². The monoisotopic (exact) mass is 265 g/mol. The Balaban J connectivity index is 2.77. The van der Waals surface area contributed by atoms with E-state index >= 15 is 0 Å². The number of para-hydroxylation sites is 1. The van der Waals surface area contributed by atoms with Crippen LogP contribution >= 0.6 is 0 Å². The highest BCUT2D eigenvalue weighted by Gasteiger charge is 2.17. The van der Waals surface area contributed by atoms with Gasteiger partial charge < -0.3 is 16.2 Å². The van der Waals surface area contributed by atoms with Crippen LogP contribution in [0, 0.1) is 0 Å². The number of nitrogens with two attached hydrogens (primary N) is 1. The van der Waals surface area contributed by atoms with Crippen molar-refractivity contribution in [2.24, 2.45) is 5.73 Å². The number of rotatable bonds is 5. The van der Waals surface area contributed by atoms with Crippen LogP contribution in [0.15, 0.2) is 24.3 Å². The van der Waals surface area contributed by atoms with Crippen LogP contribution in [0.4, 0.5) is 10.5 Å². The van der Waals surface area contributed by atoms with Crippen LogP contribution in [-0.4, -0.2) is 36.6 Å². The second-order valence-corrected chi connectivity index (χ2v) is 3.83. The summed E-state index contributed by atoms with van der Waals surface area (Å²) in [7, 11) is 1.45. The van der Waals surface area contributed by atoms with Crippen LogP contribution < -0.4 is 16.0 Å². The van der Waals surface area contributed by atoms with Crippen molar-refractivity contribution in [1.82, 2.24) is 5.32 Å². The highest BCUT2D eigenvalue weighted by atomic mass is 16.4. The van der Waals surface area contributed by atoms with Crippen LogP contribution in [0.2, 0.25) is 0 Å². The van der Waals surface area contributed by atoms with E-state index in [1.165, 1.54) is 24.1 Å². The number of carboxylic acids is 1. The number of aromatic carboxylic acids is 1. The molecule has 0 spiro atoms. The summed E-state index contributed by atoms with van der Waals surface area (Å²) in [6.07, 6.45) is 0.0279. The van der Waals surface area contributed by atoms with Crippen LogP contribution in [-0.2, 0) is 4.79 Å². The van der Waals surface area contributed by atoms with Crippen molar-refractivity contribution in [3.8, 4) is 0 Å². The van der Waals surface area contributed by atoms with Crippen LogP contribution in [0.5, 0.6) is 0 Å². The molecule has 0 atom stereocenters. The second-order valence-electron chi connectivity index (χ2n) is 3.83. The van der Waals surface area contributed by atoms with E-state index in [1.807, 2.05) is 0 Å². The topological polar surface area (TPSA) is 113 Å². The minimum Gasteiger partial charge on any atom is -0.478 e. The number of carbonyl (C=O) groups excluding carboxylic acids is 2. The molecule has 0 aliphatic heterocycles. The molecule has 7 nitrogen and oxygen atoms in total. The van der Waals surface area contributed by atoms with Gasteiger partial charge in [0.1, 0.15) is 0 Å². The molecule has 0 heterocycles. The lowest BCUT2D eigenvalue weighted by atomic mass is 10.1. The summed E-state index contributed by atoms with van der Waals surface area (Å²) in [6, 6.07) is 5.64. The molecule has 0 unspecified atom stereocenters. The summed E-state index contributed by atoms with van der Waals surface area (Å²) in [6.45, 7) is 0.105. The third-order valence-corrected chi connectivity index (χ3v) is 2.45. The summed E-state index contributed by atoms with van der Waals surface area (Å²) in [5, 5.41) is 11.5. The van der Waals surface area contributed by atoms with Gasteiger partial charge >= 0.3 is 12.0 Å². The molecule has 1 aromatic rings. The van der Waals surface area contributed by atoms with Crippen LogP contribution in [0.3, 0.4) is 0 Å². The van der Waals surface area contributed by atoms with Gasteiger partial charge in [0.25, 0.3) is 0 Å². The number of nitrogens with one attached hydrogen (secondary N) is 1. The highest BCUT2D eigenvalue weighted by Crippen LogP contribution is 2.18. The molecule has 7 heteroatoms. The molecule has 0 aliphatic carbocycles. The molecule has 0 aromatic heterocycles. The summed E-state index contributed by atoms with van der Waals surface area (Å²) < 4.78 is 0. The maximum absolute atomic E-state index is 11.8. The summed E-state index contributed by atoms with van der Waals surface area (Å²) >= 11 is 0. The smallest absolute Gasteiger partial charge is 0.337 e. The van der Waals surface area contributed by atoms with E-state index < -0.39 is 17.9 Å². The van der Waals surface area contributed by atoms with Gasteiger partial charge in [-0.25, -0.2) is 9.59 Å². The van der Waals surface area contributed by atoms with E-state index in [1.54, 1.807) is 12.1 Å². The number of amides is 3. The summed E-state index contributed by atoms with van der Waals surface area (Å²) in [5.74, 6) is -1.64. The molecular formula is C12H15N3O4. The third-order valence-electron chi connectivity index (χ3n) is 2.45. The number of nitrogens with zero attached hydrogens (tertiary/aromatic N) is 1. The Bertz CT molecular complexity index is 502. The highest BCUT2D eigenvalue weighted by molar-refractivity contribution is 6.01. The molecule has 3 amide bonds. The molecular weight excluding hydrogens is 250 g/mol. The number of anilines is 1. The Kier molecular flexibility index (Phi) is 4.87. The lowest BCUT2D eigenvalue weighted by molar-refractivity contribution is -0.117. The lowest BCUT2D eigenvalue weighted by Crippen LogP contribution is -2.39.